The molecule has 0 fully saturated rings. The van der Waals surface area contributed by atoms with E-state index in [1.807, 2.05) is 36.4 Å². The number of hydrogen-bond acceptors (Lipinski definition) is 3. The van der Waals surface area contributed by atoms with E-state index in [-0.39, 0.29) is 0 Å². The number of thioether (sulfide) groups is 1. The maximum atomic E-state index is 6.02. The number of aryl methyl sites for hydroxylation is 1. The van der Waals surface area contributed by atoms with Gasteiger partial charge >= 0.3 is 0 Å². The summed E-state index contributed by atoms with van der Waals surface area (Å²) in [5.74, 6) is 2.49. The normalized spacial score (nSPS) is 10.4. The summed E-state index contributed by atoms with van der Waals surface area (Å²) in [6, 6.07) is 14.0. The summed E-state index contributed by atoms with van der Waals surface area (Å²) in [5, 5.41) is 0. The first kappa shape index (κ1) is 15.9. The molecule has 0 aliphatic carbocycles. The lowest BCUT2D eigenvalue weighted by molar-refractivity contribution is 0.479. The van der Waals surface area contributed by atoms with Crippen molar-refractivity contribution in [1.29, 1.82) is 0 Å². The molecule has 0 amide bonds. The average molecular weight is 317 g/mol. The van der Waals surface area contributed by atoms with E-state index in [0.29, 0.717) is 10.7 Å². The predicted octanol–water partition coefficient (Wildman–Crippen LogP) is 4.79. The molecule has 0 atom stereocenters. The molecule has 0 radical (unpaired) electrons. The monoisotopic (exact) mass is 317 g/mol. The Morgan fingerprint density at radius 2 is 1.95 bits per heavy atom. The van der Waals surface area contributed by atoms with Gasteiger partial charge in [0.2, 0.25) is 0 Å². The third kappa shape index (κ3) is 3.99. The van der Waals surface area contributed by atoms with Gasteiger partial charge in [0.05, 0.1) is 5.56 Å². The minimum absolute atomic E-state index is 0.369. The Morgan fingerprint density at radius 1 is 1.19 bits per heavy atom. The van der Waals surface area contributed by atoms with E-state index < -0.39 is 0 Å². The van der Waals surface area contributed by atoms with E-state index >= 15 is 0 Å². The van der Waals surface area contributed by atoms with Crippen molar-refractivity contribution in [3.63, 3.8) is 0 Å². The van der Waals surface area contributed by atoms with Gasteiger partial charge in [0.25, 0.3) is 0 Å². The standard InChI is InChI=1S/C17H19NOS2/c1-3-12-7-5-8-13(11-12)19-14-9-6-10-15(21-4-2)16(14)17(18)20/h5-11H,3-4H2,1-2H3,(H2,18,20). The predicted molar refractivity (Wildman–Crippen MR) is 94.6 cm³/mol. The average Bonchev–Trinajstić information content (AvgIpc) is 2.47. The fraction of sp³-hybridized carbons (Fsp3) is 0.235. The van der Waals surface area contributed by atoms with E-state index in [1.165, 1.54) is 5.56 Å². The van der Waals surface area contributed by atoms with E-state index in [0.717, 1.165) is 28.4 Å². The molecule has 0 unspecified atom stereocenters. The molecule has 4 heteroatoms. The minimum atomic E-state index is 0.369. The highest BCUT2D eigenvalue weighted by atomic mass is 32.2. The van der Waals surface area contributed by atoms with Crippen molar-refractivity contribution < 1.29 is 4.74 Å². The fourth-order valence-electron chi connectivity index (χ4n) is 2.07. The highest BCUT2D eigenvalue weighted by Crippen LogP contribution is 2.33. The lowest BCUT2D eigenvalue weighted by atomic mass is 10.1. The van der Waals surface area contributed by atoms with Gasteiger partial charge in [-0.3, -0.25) is 0 Å². The molecule has 21 heavy (non-hydrogen) atoms. The molecule has 110 valence electrons. The molecule has 0 spiro atoms. The lowest BCUT2D eigenvalue weighted by Crippen LogP contribution is -2.12. The maximum absolute atomic E-state index is 6.02. The van der Waals surface area contributed by atoms with Crippen LogP contribution in [0.2, 0.25) is 0 Å². The molecule has 0 bridgehead atoms. The van der Waals surface area contributed by atoms with Crippen molar-refractivity contribution in [2.75, 3.05) is 5.75 Å². The first-order chi connectivity index (χ1) is 10.2. The molecule has 2 aromatic rings. The van der Waals surface area contributed by atoms with Crippen molar-refractivity contribution in [2.45, 2.75) is 25.2 Å². The quantitative estimate of drug-likeness (QED) is 0.614. The zero-order valence-electron chi connectivity index (χ0n) is 12.3. The van der Waals surface area contributed by atoms with Gasteiger partial charge in [0.1, 0.15) is 16.5 Å². The number of benzene rings is 2. The highest BCUT2D eigenvalue weighted by molar-refractivity contribution is 7.99. The van der Waals surface area contributed by atoms with Crippen molar-refractivity contribution in [3.05, 3.63) is 53.6 Å². The van der Waals surface area contributed by atoms with Crippen LogP contribution in [0.3, 0.4) is 0 Å². The largest absolute Gasteiger partial charge is 0.457 e. The van der Waals surface area contributed by atoms with Crippen LogP contribution in [-0.2, 0) is 6.42 Å². The SMILES string of the molecule is CCSc1cccc(Oc2cccc(CC)c2)c1C(N)=S. The molecular weight excluding hydrogens is 298 g/mol. The molecular formula is C17H19NOS2. The van der Waals surface area contributed by atoms with Crippen LogP contribution < -0.4 is 10.5 Å². The summed E-state index contributed by atoms with van der Waals surface area (Å²) in [5.41, 5.74) is 7.95. The molecule has 2 rings (SSSR count). The number of ether oxygens (including phenoxy) is 1. The number of thiocarbonyl (C=S) groups is 1. The second kappa shape index (κ2) is 7.48. The van der Waals surface area contributed by atoms with Crippen LogP contribution in [0.4, 0.5) is 0 Å². The Bertz CT molecular complexity index is 640. The summed E-state index contributed by atoms with van der Waals surface area (Å²) >= 11 is 6.92. The molecule has 2 N–H and O–H groups in total. The number of rotatable bonds is 6. The van der Waals surface area contributed by atoms with Crippen LogP contribution in [-0.4, -0.2) is 10.7 Å². The second-order valence-corrected chi connectivity index (χ2v) is 6.28. The summed E-state index contributed by atoms with van der Waals surface area (Å²) in [4.78, 5) is 1.43. The summed E-state index contributed by atoms with van der Waals surface area (Å²) in [7, 11) is 0. The molecule has 0 heterocycles. The number of nitrogens with two attached hydrogens (primary N) is 1. The Morgan fingerprint density at radius 3 is 2.62 bits per heavy atom. The van der Waals surface area contributed by atoms with Crippen molar-refractivity contribution >= 4 is 29.0 Å². The van der Waals surface area contributed by atoms with Crippen molar-refractivity contribution in [1.82, 2.24) is 0 Å². The second-order valence-electron chi connectivity index (χ2n) is 4.53. The van der Waals surface area contributed by atoms with Gasteiger partial charge in [-0.25, -0.2) is 0 Å². The molecule has 0 saturated heterocycles. The van der Waals surface area contributed by atoms with Gasteiger partial charge in [-0.15, -0.1) is 11.8 Å². The third-order valence-corrected chi connectivity index (χ3v) is 4.21. The fourth-order valence-corrected chi connectivity index (χ4v) is 3.19. The van der Waals surface area contributed by atoms with Crippen LogP contribution in [0, 0.1) is 0 Å². The Labute approximate surface area is 135 Å². The van der Waals surface area contributed by atoms with E-state index in [2.05, 4.69) is 19.9 Å². The lowest BCUT2D eigenvalue weighted by Gasteiger charge is -2.14. The van der Waals surface area contributed by atoms with Gasteiger partial charge in [-0.05, 0) is 42.0 Å². The highest BCUT2D eigenvalue weighted by Gasteiger charge is 2.13. The van der Waals surface area contributed by atoms with Crippen LogP contribution in [0.1, 0.15) is 25.0 Å². The van der Waals surface area contributed by atoms with Gasteiger partial charge in [0.15, 0.2) is 0 Å². The van der Waals surface area contributed by atoms with E-state index in [4.69, 9.17) is 22.7 Å². The molecule has 2 aromatic carbocycles. The molecule has 0 saturated carbocycles. The van der Waals surface area contributed by atoms with Crippen molar-refractivity contribution in [2.24, 2.45) is 5.73 Å². The zero-order valence-corrected chi connectivity index (χ0v) is 13.9. The van der Waals surface area contributed by atoms with Crippen LogP contribution in [0.15, 0.2) is 47.4 Å². The van der Waals surface area contributed by atoms with Gasteiger partial charge in [0, 0.05) is 4.90 Å². The van der Waals surface area contributed by atoms with Crippen LogP contribution >= 0.6 is 24.0 Å². The summed E-state index contributed by atoms with van der Waals surface area (Å²) in [6.07, 6.45) is 0.977. The van der Waals surface area contributed by atoms with Crippen molar-refractivity contribution in [3.8, 4) is 11.5 Å². The van der Waals surface area contributed by atoms with E-state index in [1.54, 1.807) is 11.8 Å². The minimum Gasteiger partial charge on any atom is -0.457 e. The molecule has 2 nitrogen and oxygen atoms in total. The topological polar surface area (TPSA) is 35.2 Å². The van der Waals surface area contributed by atoms with Crippen LogP contribution in [0.5, 0.6) is 11.5 Å². The molecule has 0 aliphatic heterocycles. The Hall–Kier alpha value is -1.52. The van der Waals surface area contributed by atoms with Crippen LogP contribution in [0.25, 0.3) is 0 Å². The Balaban J connectivity index is 2.38. The first-order valence-electron chi connectivity index (χ1n) is 6.98. The summed E-state index contributed by atoms with van der Waals surface area (Å²) in [6.45, 7) is 4.23. The number of hydrogen-bond donors (Lipinski definition) is 1. The Kier molecular flexibility index (Phi) is 5.65. The molecule has 0 aromatic heterocycles. The smallest absolute Gasteiger partial charge is 0.138 e. The van der Waals surface area contributed by atoms with E-state index in [9.17, 15) is 0 Å². The first-order valence-corrected chi connectivity index (χ1v) is 8.37. The summed E-state index contributed by atoms with van der Waals surface area (Å²) < 4.78 is 6.02. The zero-order chi connectivity index (χ0) is 15.2. The maximum Gasteiger partial charge on any atom is 0.138 e. The van der Waals surface area contributed by atoms with Gasteiger partial charge in [-0.2, -0.15) is 0 Å². The molecule has 0 aliphatic rings. The van der Waals surface area contributed by atoms with Gasteiger partial charge in [-0.1, -0.05) is 44.3 Å². The van der Waals surface area contributed by atoms with Gasteiger partial charge < -0.3 is 10.5 Å². The third-order valence-electron chi connectivity index (χ3n) is 3.07.